The number of aryl methyl sites for hydroxylation is 2. The normalized spacial score (nSPS) is 13.8. The van der Waals surface area contributed by atoms with Crippen LogP contribution in [-0.2, 0) is 24.1 Å². The number of Topliss-reactive ketones (excluding diaryl/α,β-unsaturated/α-hetero) is 1. The Kier molecular flexibility index (Phi) is 3.73. The molecule has 1 aromatic rings. The second-order valence-corrected chi connectivity index (χ2v) is 4.45. The molecule has 0 spiro atoms. The topological polar surface area (TPSA) is 29.1 Å². The first-order valence-corrected chi connectivity index (χ1v) is 6.12. The van der Waals surface area contributed by atoms with Crippen molar-refractivity contribution < 1.29 is 4.79 Å². The number of benzene rings is 1. The predicted octanol–water partition coefficient (Wildman–Crippen LogP) is 1.90. The molecule has 0 saturated carbocycles. The van der Waals surface area contributed by atoms with Crippen LogP contribution in [0.2, 0.25) is 0 Å². The van der Waals surface area contributed by atoms with Crippen molar-refractivity contribution in [3.05, 3.63) is 34.9 Å². The van der Waals surface area contributed by atoms with E-state index < -0.39 is 0 Å². The summed E-state index contributed by atoms with van der Waals surface area (Å²) in [6, 6.07) is 6.51. The van der Waals surface area contributed by atoms with E-state index in [2.05, 4.69) is 23.5 Å². The number of fused-ring (bicyclic) bond motifs is 1. The molecule has 0 heterocycles. The van der Waals surface area contributed by atoms with Crippen LogP contribution >= 0.6 is 0 Å². The van der Waals surface area contributed by atoms with Crippen LogP contribution in [0.1, 0.15) is 30.0 Å². The van der Waals surface area contributed by atoms with Gasteiger partial charge < -0.3 is 5.32 Å². The van der Waals surface area contributed by atoms with Crippen LogP contribution in [0.15, 0.2) is 18.2 Å². The SMILES string of the molecule is CCNCC(=O)Cc1ccc2c(c1)CCC2. The molecular formula is C14H19NO. The molecule has 0 fully saturated rings. The maximum atomic E-state index is 11.6. The standard InChI is InChI=1S/C14H19NO/c1-2-15-10-14(16)9-11-6-7-12-4-3-5-13(12)8-11/h6-8,15H,2-5,9-10H2,1H3. The van der Waals surface area contributed by atoms with Gasteiger partial charge in [-0.05, 0) is 42.5 Å². The van der Waals surface area contributed by atoms with Gasteiger partial charge in [0.05, 0.1) is 6.54 Å². The Morgan fingerprint density at radius 2 is 2.12 bits per heavy atom. The number of nitrogens with one attached hydrogen (secondary N) is 1. The van der Waals surface area contributed by atoms with Crippen molar-refractivity contribution in [3.63, 3.8) is 0 Å². The Labute approximate surface area is 97.1 Å². The first kappa shape index (κ1) is 11.3. The van der Waals surface area contributed by atoms with Crippen molar-refractivity contribution in [2.75, 3.05) is 13.1 Å². The van der Waals surface area contributed by atoms with E-state index >= 15 is 0 Å². The van der Waals surface area contributed by atoms with Gasteiger partial charge in [-0.2, -0.15) is 0 Å². The molecule has 1 aliphatic rings. The lowest BCUT2D eigenvalue weighted by Crippen LogP contribution is -2.23. The molecule has 1 aliphatic carbocycles. The van der Waals surface area contributed by atoms with Crippen molar-refractivity contribution >= 4 is 5.78 Å². The van der Waals surface area contributed by atoms with Crippen LogP contribution < -0.4 is 5.32 Å². The van der Waals surface area contributed by atoms with Gasteiger partial charge in [0, 0.05) is 6.42 Å². The average Bonchev–Trinajstić information content (AvgIpc) is 2.73. The van der Waals surface area contributed by atoms with E-state index in [0.717, 1.165) is 6.54 Å². The highest BCUT2D eigenvalue weighted by Crippen LogP contribution is 2.22. The fraction of sp³-hybridized carbons (Fsp3) is 0.500. The van der Waals surface area contributed by atoms with E-state index in [-0.39, 0.29) is 5.78 Å². The fourth-order valence-electron chi connectivity index (χ4n) is 2.29. The molecule has 0 atom stereocenters. The number of ketones is 1. The van der Waals surface area contributed by atoms with Gasteiger partial charge in [0.25, 0.3) is 0 Å². The van der Waals surface area contributed by atoms with E-state index in [1.54, 1.807) is 0 Å². The maximum Gasteiger partial charge on any atom is 0.150 e. The van der Waals surface area contributed by atoms with E-state index in [1.165, 1.54) is 36.0 Å². The minimum atomic E-state index is 0.278. The summed E-state index contributed by atoms with van der Waals surface area (Å²) in [7, 11) is 0. The molecule has 2 rings (SSSR count). The van der Waals surface area contributed by atoms with Crippen LogP contribution in [0.25, 0.3) is 0 Å². The largest absolute Gasteiger partial charge is 0.310 e. The summed E-state index contributed by atoms with van der Waals surface area (Å²) in [4.78, 5) is 11.6. The van der Waals surface area contributed by atoms with E-state index in [0.29, 0.717) is 13.0 Å². The summed E-state index contributed by atoms with van der Waals surface area (Å²) >= 11 is 0. The highest BCUT2D eigenvalue weighted by molar-refractivity contribution is 5.82. The zero-order valence-electron chi connectivity index (χ0n) is 9.88. The van der Waals surface area contributed by atoms with Gasteiger partial charge >= 0.3 is 0 Å². The first-order chi connectivity index (χ1) is 7.79. The fourth-order valence-corrected chi connectivity index (χ4v) is 2.29. The van der Waals surface area contributed by atoms with Gasteiger partial charge in [-0.15, -0.1) is 0 Å². The molecule has 0 amide bonds. The van der Waals surface area contributed by atoms with Gasteiger partial charge in [0.2, 0.25) is 0 Å². The summed E-state index contributed by atoms with van der Waals surface area (Å²) in [6.45, 7) is 3.37. The Balaban J connectivity index is 1.97. The molecule has 1 N–H and O–H groups in total. The molecule has 0 unspecified atom stereocenters. The molecule has 2 heteroatoms. The molecule has 2 nitrogen and oxygen atoms in total. The Morgan fingerprint density at radius 3 is 2.94 bits per heavy atom. The summed E-state index contributed by atoms with van der Waals surface area (Å²) in [6.07, 6.45) is 4.23. The highest BCUT2D eigenvalue weighted by Gasteiger charge is 2.11. The van der Waals surface area contributed by atoms with Crippen LogP contribution in [-0.4, -0.2) is 18.9 Å². The van der Waals surface area contributed by atoms with E-state index in [1.807, 2.05) is 6.92 Å². The summed E-state index contributed by atoms with van der Waals surface area (Å²) < 4.78 is 0. The lowest BCUT2D eigenvalue weighted by molar-refractivity contribution is -0.117. The Hall–Kier alpha value is -1.15. The zero-order valence-corrected chi connectivity index (χ0v) is 9.88. The molecule has 0 aromatic heterocycles. The Bertz CT molecular complexity index is 384. The molecule has 0 aliphatic heterocycles. The van der Waals surface area contributed by atoms with Gasteiger partial charge in [0.1, 0.15) is 0 Å². The number of carbonyl (C=O) groups excluding carboxylic acids is 1. The summed E-state index contributed by atoms with van der Waals surface area (Å²) in [5.41, 5.74) is 4.10. The van der Waals surface area contributed by atoms with E-state index in [9.17, 15) is 4.79 Å². The highest BCUT2D eigenvalue weighted by atomic mass is 16.1. The lowest BCUT2D eigenvalue weighted by Gasteiger charge is -2.05. The van der Waals surface area contributed by atoms with Crippen molar-refractivity contribution in [1.29, 1.82) is 0 Å². The van der Waals surface area contributed by atoms with Crippen molar-refractivity contribution in [3.8, 4) is 0 Å². The van der Waals surface area contributed by atoms with Gasteiger partial charge in [-0.3, -0.25) is 4.79 Å². The number of rotatable bonds is 5. The van der Waals surface area contributed by atoms with Crippen LogP contribution in [0.3, 0.4) is 0 Å². The minimum absolute atomic E-state index is 0.278. The second kappa shape index (κ2) is 5.26. The second-order valence-electron chi connectivity index (χ2n) is 4.45. The third-order valence-electron chi connectivity index (χ3n) is 3.14. The van der Waals surface area contributed by atoms with Crippen LogP contribution in [0, 0.1) is 0 Å². The molecule has 0 bridgehead atoms. The average molecular weight is 217 g/mol. The van der Waals surface area contributed by atoms with Crippen molar-refractivity contribution in [1.82, 2.24) is 5.32 Å². The molecule has 86 valence electrons. The van der Waals surface area contributed by atoms with Crippen LogP contribution in [0.5, 0.6) is 0 Å². The minimum Gasteiger partial charge on any atom is -0.310 e. The van der Waals surface area contributed by atoms with Gasteiger partial charge in [-0.1, -0.05) is 25.1 Å². The monoisotopic (exact) mass is 217 g/mol. The molecule has 16 heavy (non-hydrogen) atoms. The summed E-state index contributed by atoms with van der Waals surface area (Å²) in [5, 5.41) is 3.07. The maximum absolute atomic E-state index is 11.6. The number of carbonyl (C=O) groups is 1. The van der Waals surface area contributed by atoms with Crippen molar-refractivity contribution in [2.45, 2.75) is 32.6 Å². The number of hydrogen-bond donors (Lipinski definition) is 1. The van der Waals surface area contributed by atoms with E-state index in [4.69, 9.17) is 0 Å². The van der Waals surface area contributed by atoms with Gasteiger partial charge in [-0.25, -0.2) is 0 Å². The third-order valence-corrected chi connectivity index (χ3v) is 3.14. The zero-order chi connectivity index (χ0) is 11.4. The number of hydrogen-bond acceptors (Lipinski definition) is 2. The smallest absolute Gasteiger partial charge is 0.150 e. The lowest BCUT2D eigenvalue weighted by atomic mass is 10.0. The quantitative estimate of drug-likeness (QED) is 0.816. The third kappa shape index (κ3) is 2.70. The Morgan fingerprint density at radius 1 is 1.31 bits per heavy atom. The first-order valence-electron chi connectivity index (χ1n) is 6.12. The molecule has 0 radical (unpaired) electrons. The molecular weight excluding hydrogens is 198 g/mol. The van der Waals surface area contributed by atoms with Gasteiger partial charge in [0.15, 0.2) is 5.78 Å². The molecule has 1 aromatic carbocycles. The van der Waals surface area contributed by atoms with Crippen molar-refractivity contribution in [2.24, 2.45) is 0 Å². The predicted molar refractivity (Wildman–Crippen MR) is 65.7 cm³/mol. The number of likely N-dealkylation sites (N-methyl/N-ethyl adjacent to an activating group) is 1. The molecule has 0 saturated heterocycles. The van der Waals surface area contributed by atoms with Crippen LogP contribution in [0.4, 0.5) is 0 Å². The summed E-state index contributed by atoms with van der Waals surface area (Å²) in [5.74, 6) is 0.278.